The molecule has 0 amide bonds. The zero-order valence-electron chi connectivity index (χ0n) is 12.5. The summed E-state index contributed by atoms with van der Waals surface area (Å²) in [7, 11) is 4.14. The van der Waals surface area contributed by atoms with Gasteiger partial charge in [0.15, 0.2) is 5.96 Å². The minimum absolute atomic E-state index is 0.562. The van der Waals surface area contributed by atoms with Crippen LogP contribution in [-0.4, -0.2) is 49.5 Å². The van der Waals surface area contributed by atoms with Gasteiger partial charge in [-0.05, 0) is 32.1 Å². The van der Waals surface area contributed by atoms with Gasteiger partial charge in [-0.3, -0.25) is 0 Å². The first-order valence-electron chi connectivity index (χ1n) is 6.78. The topological polar surface area (TPSA) is 44.9 Å². The highest BCUT2D eigenvalue weighted by Crippen LogP contribution is 2.10. The van der Waals surface area contributed by atoms with Gasteiger partial charge in [-0.15, -0.1) is 0 Å². The van der Waals surface area contributed by atoms with Crippen molar-refractivity contribution < 1.29 is 0 Å². The van der Waals surface area contributed by atoms with Gasteiger partial charge < -0.3 is 15.5 Å². The van der Waals surface area contributed by atoms with E-state index in [1.54, 1.807) is 0 Å². The molecule has 0 aliphatic carbocycles. The van der Waals surface area contributed by atoms with Crippen LogP contribution in [0, 0.1) is 5.92 Å². The second kappa shape index (κ2) is 7.79. The molecule has 1 aromatic rings. The molecule has 4 heteroatoms. The van der Waals surface area contributed by atoms with Crippen molar-refractivity contribution in [3.05, 3.63) is 30.3 Å². The SMILES string of the molecule is CC(C)CN(CCN(C)C)C(N)=Nc1ccccc1. The Morgan fingerprint density at radius 3 is 2.32 bits per heavy atom. The van der Waals surface area contributed by atoms with Crippen molar-refractivity contribution in [3.8, 4) is 0 Å². The zero-order chi connectivity index (χ0) is 14.3. The van der Waals surface area contributed by atoms with Crippen molar-refractivity contribution in [1.29, 1.82) is 0 Å². The quantitative estimate of drug-likeness (QED) is 0.631. The fourth-order valence-corrected chi connectivity index (χ4v) is 1.77. The van der Waals surface area contributed by atoms with Gasteiger partial charge in [0, 0.05) is 19.6 Å². The molecule has 106 valence electrons. The standard InChI is InChI=1S/C15H26N4/c1-13(2)12-19(11-10-18(3)4)15(16)17-14-8-6-5-7-9-14/h5-9,13H,10-12H2,1-4H3,(H2,16,17). The molecule has 0 aromatic heterocycles. The Kier molecular flexibility index (Phi) is 6.36. The average molecular weight is 262 g/mol. The smallest absolute Gasteiger partial charge is 0.196 e. The fourth-order valence-electron chi connectivity index (χ4n) is 1.77. The van der Waals surface area contributed by atoms with E-state index in [2.05, 4.69) is 42.7 Å². The summed E-state index contributed by atoms with van der Waals surface area (Å²) in [4.78, 5) is 8.80. The van der Waals surface area contributed by atoms with E-state index in [9.17, 15) is 0 Å². The zero-order valence-corrected chi connectivity index (χ0v) is 12.5. The van der Waals surface area contributed by atoms with E-state index < -0.39 is 0 Å². The number of hydrogen-bond donors (Lipinski definition) is 1. The van der Waals surface area contributed by atoms with Crippen molar-refractivity contribution >= 4 is 11.6 Å². The lowest BCUT2D eigenvalue weighted by Crippen LogP contribution is -2.43. The van der Waals surface area contributed by atoms with Crippen LogP contribution >= 0.6 is 0 Å². The predicted molar refractivity (Wildman–Crippen MR) is 82.7 cm³/mol. The second-order valence-corrected chi connectivity index (χ2v) is 5.45. The molecule has 0 unspecified atom stereocenters. The second-order valence-electron chi connectivity index (χ2n) is 5.45. The fraction of sp³-hybridized carbons (Fsp3) is 0.533. The van der Waals surface area contributed by atoms with Crippen LogP contribution in [0.2, 0.25) is 0 Å². The van der Waals surface area contributed by atoms with E-state index in [-0.39, 0.29) is 0 Å². The van der Waals surface area contributed by atoms with E-state index in [0.29, 0.717) is 11.9 Å². The maximum absolute atomic E-state index is 6.14. The maximum atomic E-state index is 6.14. The molecule has 4 nitrogen and oxygen atoms in total. The number of guanidine groups is 1. The Balaban J connectivity index is 2.75. The molecule has 0 aliphatic heterocycles. The molecule has 1 rings (SSSR count). The number of benzene rings is 1. The molecule has 0 heterocycles. The Bertz CT molecular complexity index is 384. The van der Waals surface area contributed by atoms with Gasteiger partial charge >= 0.3 is 0 Å². The average Bonchev–Trinajstić information content (AvgIpc) is 2.35. The van der Waals surface area contributed by atoms with Crippen LogP contribution in [0.15, 0.2) is 35.3 Å². The van der Waals surface area contributed by atoms with Gasteiger partial charge in [0.1, 0.15) is 0 Å². The van der Waals surface area contributed by atoms with Crippen molar-refractivity contribution in [2.24, 2.45) is 16.6 Å². The van der Waals surface area contributed by atoms with Crippen LogP contribution in [0.3, 0.4) is 0 Å². The summed E-state index contributed by atoms with van der Waals surface area (Å²) in [6.45, 7) is 7.18. The molecule has 19 heavy (non-hydrogen) atoms. The summed E-state index contributed by atoms with van der Waals surface area (Å²) in [5.41, 5.74) is 7.04. The van der Waals surface area contributed by atoms with Crippen molar-refractivity contribution in [2.75, 3.05) is 33.7 Å². The van der Waals surface area contributed by atoms with Crippen molar-refractivity contribution in [2.45, 2.75) is 13.8 Å². The summed E-state index contributed by atoms with van der Waals surface area (Å²) in [5.74, 6) is 1.16. The molecule has 0 aliphatic rings. The van der Waals surface area contributed by atoms with Gasteiger partial charge in [0.2, 0.25) is 0 Å². The van der Waals surface area contributed by atoms with Crippen LogP contribution in [0.4, 0.5) is 5.69 Å². The first-order valence-corrected chi connectivity index (χ1v) is 6.78. The Morgan fingerprint density at radius 1 is 1.16 bits per heavy atom. The number of aliphatic imine (C=N–C) groups is 1. The van der Waals surface area contributed by atoms with Crippen molar-refractivity contribution in [3.63, 3.8) is 0 Å². The van der Waals surface area contributed by atoms with Gasteiger partial charge in [0.05, 0.1) is 5.69 Å². The van der Waals surface area contributed by atoms with E-state index in [1.165, 1.54) is 0 Å². The van der Waals surface area contributed by atoms with E-state index >= 15 is 0 Å². The number of rotatable bonds is 6. The van der Waals surface area contributed by atoms with E-state index in [0.717, 1.165) is 25.3 Å². The summed E-state index contributed by atoms with van der Waals surface area (Å²) in [5, 5.41) is 0. The largest absolute Gasteiger partial charge is 0.369 e. The van der Waals surface area contributed by atoms with E-state index in [4.69, 9.17) is 5.73 Å². The van der Waals surface area contributed by atoms with E-state index in [1.807, 2.05) is 30.3 Å². The summed E-state index contributed by atoms with van der Waals surface area (Å²) in [6, 6.07) is 9.85. The highest BCUT2D eigenvalue weighted by atomic mass is 15.3. The third-order valence-electron chi connectivity index (χ3n) is 2.73. The molecule has 0 fully saturated rings. The lowest BCUT2D eigenvalue weighted by atomic mass is 10.2. The van der Waals surface area contributed by atoms with Gasteiger partial charge in [-0.2, -0.15) is 0 Å². The van der Waals surface area contributed by atoms with Crippen molar-refractivity contribution in [1.82, 2.24) is 9.80 Å². The number of hydrogen-bond acceptors (Lipinski definition) is 2. The summed E-state index contributed by atoms with van der Waals surface area (Å²) >= 11 is 0. The van der Waals surface area contributed by atoms with Gasteiger partial charge in [-0.1, -0.05) is 32.0 Å². The lowest BCUT2D eigenvalue weighted by Gasteiger charge is -2.26. The Morgan fingerprint density at radius 2 is 1.79 bits per heavy atom. The van der Waals surface area contributed by atoms with Gasteiger partial charge in [-0.25, -0.2) is 4.99 Å². The molecule has 0 spiro atoms. The molecule has 0 atom stereocenters. The highest BCUT2D eigenvalue weighted by Gasteiger charge is 2.10. The number of nitrogens with two attached hydrogens (primary N) is 1. The number of para-hydroxylation sites is 1. The summed E-state index contributed by atoms with van der Waals surface area (Å²) in [6.07, 6.45) is 0. The molecule has 0 radical (unpaired) electrons. The maximum Gasteiger partial charge on any atom is 0.196 e. The number of likely N-dealkylation sites (N-methyl/N-ethyl adjacent to an activating group) is 1. The molecular weight excluding hydrogens is 236 g/mol. The minimum Gasteiger partial charge on any atom is -0.369 e. The van der Waals surface area contributed by atoms with Crippen LogP contribution in [0.25, 0.3) is 0 Å². The Hall–Kier alpha value is -1.55. The minimum atomic E-state index is 0.562. The van der Waals surface area contributed by atoms with Crippen LogP contribution in [0.1, 0.15) is 13.8 Å². The van der Waals surface area contributed by atoms with Gasteiger partial charge in [0.25, 0.3) is 0 Å². The van der Waals surface area contributed by atoms with Crippen LogP contribution in [0.5, 0.6) is 0 Å². The third kappa shape index (κ3) is 6.25. The number of nitrogens with zero attached hydrogens (tertiary/aromatic N) is 3. The Labute approximate surface area is 116 Å². The first kappa shape index (κ1) is 15.5. The monoisotopic (exact) mass is 262 g/mol. The van der Waals surface area contributed by atoms with Crippen LogP contribution < -0.4 is 5.73 Å². The molecule has 2 N–H and O–H groups in total. The predicted octanol–water partition coefficient (Wildman–Crippen LogP) is 2.15. The van der Waals surface area contributed by atoms with Crippen LogP contribution in [-0.2, 0) is 0 Å². The summed E-state index contributed by atoms with van der Waals surface area (Å²) < 4.78 is 0. The third-order valence-corrected chi connectivity index (χ3v) is 2.73. The lowest BCUT2D eigenvalue weighted by molar-refractivity contribution is 0.305. The molecule has 0 saturated heterocycles. The first-order chi connectivity index (χ1) is 8.99. The normalized spacial score (nSPS) is 12.2. The highest BCUT2D eigenvalue weighted by molar-refractivity contribution is 5.81. The molecule has 0 bridgehead atoms. The molecule has 0 saturated carbocycles. The molecular formula is C15H26N4. The molecule has 1 aromatic carbocycles.